The highest BCUT2D eigenvalue weighted by molar-refractivity contribution is 7.21. The van der Waals surface area contributed by atoms with Crippen LogP contribution in [0.3, 0.4) is 0 Å². The first kappa shape index (κ1) is 21.3. The highest BCUT2D eigenvalue weighted by Crippen LogP contribution is 2.39. The number of hydrogen-bond acceptors (Lipinski definition) is 4. The van der Waals surface area contributed by atoms with Crippen LogP contribution in [0, 0.1) is 0 Å². The second-order valence-corrected chi connectivity index (χ2v) is 9.51. The Labute approximate surface area is 208 Å². The average Bonchev–Trinajstić information content (AvgIpc) is 3.34. The third kappa shape index (κ3) is 4.32. The summed E-state index contributed by atoms with van der Waals surface area (Å²) in [5.74, 6) is 0.247. The Bertz CT molecular complexity index is 1640. The number of thiazole rings is 1. The summed E-state index contributed by atoms with van der Waals surface area (Å²) in [6.45, 7) is 0. The molecule has 0 bridgehead atoms. The van der Waals surface area contributed by atoms with Crippen molar-refractivity contribution in [2.24, 2.45) is 0 Å². The van der Waals surface area contributed by atoms with E-state index >= 15 is 0 Å². The van der Waals surface area contributed by atoms with Crippen molar-refractivity contribution in [2.75, 3.05) is 0 Å². The van der Waals surface area contributed by atoms with Gasteiger partial charge in [-0.05, 0) is 59.5 Å². The van der Waals surface area contributed by atoms with Gasteiger partial charge in [-0.25, -0.2) is 4.98 Å². The molecule has 0 aliphatic rings. The van der Waals surface area contributed by atoms with Crippen molar-refractivity contribution in [3.05, 3.63) is 127 Å². The second kappa shape index (κ2) is 9.16. The van der Waals surface area contributed by atoms with Gasteiger partial charge in [0.1, 0.15) is 10.8 Å². The SMILES string of the molecule is Oc1ccccc1-c1nc2c(-c3cccc(-c4cc(Cc5ccccc5)ccn4)c3)cccc2s1. The largest absolute Gasteiger partial charge is 0.507 e. The number of phenolic OH excluding ortho intramolecular Hbond substituents is 1. The molecule has 168 valence electrons. The molecule has 0 radical (unpaired) electrons. The first-order valence-electron chi connectivity index (χ1n) is 11.5. The number of aromatic hydroxyl groups is 1. The van der Waals surface area contributed by atoms with Crippen LogP contribution in [0.1, 0.15) is 11.1 Å². The van der Waals surface area contributed by atoms with Gasteiger partial charge in [0.25, 0.3) is 0 Å². The maximum atomic E-state index is 10.3. The lowest BCUT2D eigenvalue weighted by Crippen LogP contribution is -1.91. The molecule has 2 heterocycles. The van der Waals surface area contributed by atoms with Crippen LogP contribution in [0.4, 0.5) is 0 Å². The molecule has 4 aromatic carbocycles. The van der Waals surface area contributed by atoms with Gasteiger partial charge >= 0.3 is 0 Å². The fourth-order valence-electron chi connectivity index (χ4n) is 4.37. The lowest BCUT2D eigenvalue weighted by Gasteiger charge is -2.08. The van der Waals surface area contributed by atoms with Gasteiger partial charge in [-0.15, -0.1) is 11.3 Å². The van der Waals surface area contributed by atoms with E-state index in [1.54, 1.807) is 17.4 Å². The highest BCUT2D eigenvalue weighted by atomic mass is 32.1. The van der Waals surface area contributed by atoms with Crippen LogP contribution in [-0.2, 0) is 6.42 Å². The summed E-state index contributed by atoms with van der Waals surface area (Å²) in [7, 11) is 0. The molecule has 4 heteroatoms. The van der Waals surface area contributed by atoms with Crippen LogP contribution in [0.25, 0.3) is 43.2 Å². The Kier molecular flexibility index (Phi) is 5.57. The predicted octanol–water partition coefficient (Wildman–Crippen LogP) is 7.99. The van der Waals surface area contributed by atoms with Crippen molar-refractivity contribution in [3.63, 3.8) is 0 Å². The molecule has 2 aromatic heterocycles. The number of aromatic nitrogens is 2. The molecule has 0 atom stereocenters. The molecule has 35 heavy (non-hydrogen) atoms. The summed E-state index contributed by atoms with van der Waals surface area (Å²) in [5, 5.41) is 11.1. The molecule has 0 aliphatic carbocycles. The fourth-order valence-corrected chi connectivity index (χ4v) is 5.40. The van der Waals surface area contributed by atoms with Crippen molar-refractivity contribution in [3.8, 4) is 38.7 Å². The van der Waals surface area contributed by atoms with Gasteiger partial charge in [0, 0.05) is 17.3 Å². The normalized spacial score (nSPS) is 11.1. The Hall–Kier alpha value is -4.28. The summed E-state index contributed by atoms with van der Waals surface area (Å²) in [5.41, 5.74) is 8.42. The number of hydrogen-bond donors (Lipinski definition) is 1. The van der Waals surface area contributed by atoms with E-state index in [0.29, 0.717) is 0 Å². The Balaban J connectivity index is 1.38. The van der Waals surface area contributed by atoms with Crippen molar-refractivity contribution in [1.29, 1.82) is 0 Å². The minimum atomic E-state index is 0.247. The van der Waals surface area contributed by atoms with E-state index in [0.717, 1.165) is 49.6 Å². The number of pyridine rings is 1. The van der Waals surface area contributed by atoms with Crippen molar-refractivity contribution < 1.29 is 5.11 Å². The van der Waals surface area contributed by atoms with Crippen LogP contribution in [0.5, 0.6) is 5.75 Å². The Morgan fingerprint density at radius 3 is 2.31 bits per heavy atom. The van der Waals surface area contributed by atoms with E-state index in [1.165, 1.54) is 11.1 Å². The molecule has 0 aliphatic heterocycles. The molecule has 0 fully saturated rings. The second-order valence-electron chi connectivity index (χ2n) is 8.48. The summed E-state index contributed by atoms with van der Waals surface area (Å²) >= 11 is 1.59. The van der Waals surface area contributed by atoms with Crippen LogP contribution in [0.2, 0.25) is 0 Å². The highest BCUT2D eigenvalue weighted by Gasteiger charge is 2.14. The topological polar surface area (TPSA) is 46.0 Å². The zero-order chi connectivity index (χ0) is 23.6. The molecule has 0 saturated carbocycles. The van der Waals surface area contributed by atoms with Crippen LogP contribution < -0.4 is 0 Å². The van der Waals surface area contributed by atoms with E-state index in [4.69, 9.17) is 4.98 Å². The van der Waals surface area contributed by atoms with Gasteiger partial charge in [0.15, 0.2) is 0 Å². The van der Waals surface area contributed by atoms with Crippen LogP contribution in [0.15, 0.2) is 115 Å². The third-order valence-electron chi connectivity index (χ3n) is 6.10. The molecule has 3 nitrogen and oxygen atoms in total. The maximum Gasteiger partial charge on any atom is 0.128 e. The van der Waals surface area contributed by atoms with Crippen LogP contribution in [-0.4, -0.2) is 15.1 Å². The standard InChI is InChI=1S/C31H22N2OS/c34-28-14-5-4-12-26(28)31-33-30-25(13-7-15-29(30)35-31)23-10-6-11-24(20-23)27-19-22(16-17-32-27)18-21-8-2-1-3-9-21/h1-17,19-20,34H,18H2. The maximum absolute atomic E-state index is 10.3. The fraction of sp³-hybridized carbons (Fsp3) is 0.0323. The quantitative estimate of drug-likeness (QED) is 0.278. The Morgan fingerprint density at radius 1 is 0.657 bits per heavy atom. The molecule has 6 aromatic rings. The molecule has 0 amide bonds. The zero-order valence-corrected chi connectivity index (χ0v) is 19.7. The number of benzene rings is 4. The van der Waals surface area contributed by atoms with Crippen LogP contribution >= 0.6 is 11.3 Å². The van der Waals surface area contributed by atoms with Crippen molar-refractivity contribution >= 4 is 21.6 Å². The first-order valence-corrected chi connectivity index (χ1v) is 12.3. The third-order valence-corrected chi connectivity index (χ3v) is 7.15. The number of para-hydroxylation sites is 2. The molecule has 0 spiro atoms. The molecule has 6 rings (SSSR count). The summed E-state index contributed by atoms with van der Waals surface area (Å²) in [6.07, 6.45) is 2.77. The molecule has 0 saturated heterocycles. The zero-order valence-electron chi connectivity index (χ0n) is 18.9. The lowest BCUT2D eigenvalue weighted by molar-refractivity contribution is 0.477. The van der Waals surface area contributed by atoms with Gasteiger partial charge in [0.2, 0.25) is 0 Å². The summed E-state index contributed by atoms with van der Waals surface area (Å²) < 4.78 is 1.09. The molecule has 1 N–H and O–H groups in total. The number of rotatable bonds is 5. The average molecular weight is 471 g/mol. The van der Waals surface area contributed by atoms with E-state index in [9.17, 15) is 5.11 Å². The van der Waals surface area contributed by atoms with Gasteiger partial charge in [0.05, 0.1) is 21.5 Å². The van der Waals surface area contributed by atoms with Gasteiger partial charge in [-0.2, -0.15) is 0 Å². The molecule has 0 unspecified atom stereocenters. The summed E-state index contributed by atoms with van der Waals surface area (Å²) in [4.78, 5) is 9.59. The lowest BCUT2D eigenvalue weighted by atomic mass is 9.99. The molecular weight excluding hydrogens is 448 g/mol. The first-order chi connectivity index (χ1) is 17.2. The van der Waals surface area contributed by atoms with E-state index in [2.05, 4.69) is 83.8 Å². The number of phenols is 1. The van der Waals surface area contributed by atoms with Crippen molar-refractivity contribution in [2.45, 2.75) is 6.42 Å². The minimum absolute atomic E-state index is 0.247. The summed E-state index contributed by atoms with van der Waals surface area (Å²) in [6, 6.07) is 36.8. The van der Waals surface area contributed by atoms with Gasteiger partial charge in [-0.3, -0.25) is 4.98 Å². The van der Waals surface area contributed by atoms with Gasteiger partial charge in [-0.1, -0.05) is 72.8 Å². The smallest absolute Gasteiger partial charge is 0.128 e. The van der Waals surface area contributed by atoms with E-state index in [1.807, 2.05) is 30.5 Å². The van der Waals surface area contributed by atoms with Gasteiger partial charge < -0.3 is 5.11 Å². The number of fused-ring (bicyclic) bond motifs is 1. The molecular formula is C31H22N2OS. The number of nitrogens with zero attached hydrogens (tertiary/aromatic N) is 2. The predicted molar refractivity (Wildman–Crippen MR) is 145 cm³/mol. The van der Waals surface area contributed by atoms with E-state index < -0.39 is 0 Å². The van der Waals surface area contributed by atoms with E-state index in [-0.39, 0.29) is 5.75 Å². The minimum Gasteiger partial charge on any atom is -0.507 e. The Morgan fingerprint density at radius 2 is 1.43 bits per heavy atom. The monoisotopic (exact) mass is 470 g/mol. The van der Waals surface area contributed by atoms with Crippen molar-refractivity contribution in [1.82, 2.24) is 9.97 Å².